The van der Waals surface area contributed by atoms with Crippen molar-refractivity contribution in [3.8, 4) is 0 Å². The standard InChI is InChI=1S/C13H24N2OS/c1-9(2)5-6-10(3)15-12(16)13(11(14)17)7-4-8-13/h9-10H,4-8H2,1-3H3,(H2,14,17)(H,15,16). The molecule has 1 aliphatic carbocycles. The van der Waals surface area contributed by atoms with Crippen LogP contribution in [0.3, 0.4) is 0 Å². The number of nitrogens with one attached hydrogen (secondary N) is 1. The average molecular weight is 256 g/mol. The maximum absolute atomic E-state index is 12.2. The Morgan fingerprint density at radius 1 is 1.35 bits per heavy atom. The second kappa shape index (κ2) is 5.80. The molecule has 1 amide bonds. The highest BCUT2D eigenvalue weighted by Crippen LogP contribution is 2.41. The molecule has 3 N–H and O–H groups in total. The summed E-state index contributed by atoms with van der Waals surface area (Å²) in [6, 6.07) is 0.205. The molecule has 0 aromatic heterocycles. The van der Waals surface area contributed by atoms with E-state index in [9.17, 15) is 4.79 Å². The quantitative estimate of drug-likeness (QED) is 0.717. The third kappa shape index (κ3) is 3.41. The summed E-state index contributed by atoms with van der Waals surface area (Å²) in [7, 11) is 0. The Kier molecular flexibility index (Phi) is 4.92. The van der Waals surface area contributed by atoms with Gasteiger partial charge in [0.2, 0.25) is 5.91 Å². The minimum absolute atomic E-state index is 0.0347. The van der Waals surface area contributed by atoms with Crippen LogP contribution in [0.4, 0.5) is 0 Å². The van der Waals surface area contributed by atoms with Gasteiger partial charge in [-0.05, 0) is 38.5 Å². The van der Waals surface area contributed by atoms with Crippen LogP contribution >= 0.6 is 12.2 Å². The smallest absolute Gasteiger partial charge is 0.233 e. The van der Waals surface area contributed by atoms with E-state index in [0.717, 1.165) is 32.1 Å². The molecule has 0 spiro atoms. The van der Waals surface area contributed by atoms with Gasteiger partial charge in [0.15, 0.2) is 0 Å². The topological polar surface area (TPSA) is 55.1 Å². The summed E-state index contributed by atoms with van der Waals surface area (Å²) in [6.45, 7) is 6.43. The molecule has 1 fully saturated rings. The van der Waals surface area contributed by atoms with Gasteiger partial charge in [-0.1, -0.05) is 32.5 Å². The zero-order valence-electron chi connectivity index (χ0n) is 11.1. The normalized spacial score (nSPS) is 19.5. The number of nitrogens with two attached hydrogens (primary N) is 1. The van der Waals surface area contributed by atoms with Crippen LogP contribution in [-0.2, 0) is 4.79 Å². The average Bonchev–Trinajstić information content (AvgIpc) is 2.11. The highest BCUT2D eigenvalue weighted by atomic mass is 32.1. The molecule has 0 saturated heterocycles. The van der Waals surface area contributed by atoms with E-state index < -0.39 is 5.41 Å². The van der Waals surface area contributed by atoms with Crippen LogP contribution in [0, 0.1) is 11.3 Å². The van der Waals surface area contributed by atoms with E-state index in [-0.39, 0.29) is 11.9 Å². The van der Waals surface area contributed by atoms with Gasteiger partial charge in [0, 0.05) is 6.04 Å². The lowest BCUT2D eigenvalue weighted by Crippen LogP contribution is -2.54. The molecule has 17 heavy (non-hydrogen) atoms. The molecule has 1 atom stereocenters. The van der Waals surface area contributed by atoms with Gasteiger partial charge in [-0.25, -0.2) is 0 Å². The van der Waals surface area contributed by atoms with Crippen molar-refractivity contribution in [1.82, 2.24) is 5.32 Å². The van der Waals surface area contributed by atoms with Crippen molar-refractivity contribution in [1.29, 1.82) is 0 Å². The number of hydrogen-bond acceptors (Lipinski definition) is 2. The van der Waals surface area contributed by atoms with Crippen LogP contribution in [0.2, 0.25) is 0 Å². The van der Waals surface area contributed by atoms with Crippen molar-refractivity contribution in [3.05, 3.63) is 0 Å². The molecular formula is C13H24N2OS. The predicted octanol–water partition coefficient (Wildman–Crippen LogP) is 2.38. The molecule has 0 heterocycles. The van der Waals surface area contributed by atoms with Gasteiger partial charge in [0.25, 0.3) is 0 Å². The molecule has 3 nitrogen and oxygen atoms in total. The van der Waals surface area contributed by atoms with Crippen LogP contribution in [0.5, 0.6) is 0 Å². The molecule has 0 aliphatic heterocycles. The van der Waals surface area contributed by atoms with Gasteiger partial charge in [-0.2, -0.15) is 0 Å². The largest absolute Gasteiger partial charge is 0.392 e. The summed E-state index contributed by atoms with van der Waals surface area (Å²) in [5.74, 6) is 0.704. The van der Waals surface area contributed by atoms with Gasteiger partial charge in [0.1, 0.15) is 0 Å². The van der Waals surface area contributed by atoms with Gasteiger partial charge in [-0.15, -0.1) is 0 Å². The van der Waals surface area contributed by atoms with E-state index in [4.69, 9.17) is 18.0 Å². The molecule has 1 unspecified atom stereocenters. The summed E-state index contributed by atoms with van der Waals surface area (Å²) < 4.78 is 0. The highest BCUT2D eigenvalue weighted by Gasteiger charge is 2.47. The number of carbonyl (C=O) groups excluding carboxylic acids is 1. The van der Waals surface area contributed by atoms with E-state index in [0.29, 0.717) is 10.9 Å². The number of carbonyl (C=O) groups is 1. The van der Waals surface area contributed by atoms with Gasteiger partial charge in [0.05, 0.1) is 10.4 Å². The van der Waals surface area contributed by atoms with E-state index in [1.807, 2.05) is 6.92 Å². The minimum Gasteiger partial charge on any atom is -0.392 e. The number of amides is 1. The predicted molar refractivity (Wildman–Crippen MR) is 74.7 cm³/mol. The zero-order chi connectivity index (χ0) is 13.1. The Morgan fingerprint density at radius 2 is 1.94 bits per heavy atom. The highest BCUT2D eigenvalue weighted by molar-refractivity contribution is 7.80. The Balaban J connectivity index is 2.45. The molecular weight excluding hydrogens is 232 g/mol. The lowest BCUT2D eigenvalue weighted by atomic mass is 9.68. The first kappa shape index (κ1) is 14.4. The van der Waals surface area contributed by atoms with E-state index >= 15 is 0 Å². The fraction of sp³-hybridized carbons (Fsp3) is 0.846. The fourth-order valence-electron chi connectivity index (χ4n) is 2.13. The van der Waals surface area contributed by atoms with Crippen molar-refractivity contribution in [2.45, 2.75) is 58.9 Å². The fourth-order valence-corrected chi connectivity index (χ4v) is 2.43. The molecule has 0 aromatic rings. The minimum atomic E-state index is -0.540. The van der Waals surface area contributed by atoms with Gasteiger partial charge >= 0.3 is 0 Å². The first-order chi connectivity index (χ1) is 7.88. The Labute approximate surface area is 110 Å². The van der Waals surface area contributed by atoms with Crippen molar-refractivity contribution in [2.24, 2.45) is 17.1 Å². The maximum Gasteiger partial charge on any atom is 0.233 e. The van der Waals surface area contributed by atoms with E-state index in [1.165, 1.54) is 0 Å². The third-order valence-corrected chi connectivity index (χ3v) is 4.06. The Hall–Kier alpha value is -0.640. The van der Waals surface area contributed by atoms with Crippen LogP contribution < -0.4 is 11.1 Å². The molecule has 0 radical (unpaired) electrons. The summed E-state index contributed by atoms with van der Waals surface area (Å²) >= 11 is 5.03. The van der Waals surface area contributed by atoms with Crippen molar-refractivity contribution in [2.75, 3.05) is 0 Å². The first-order valence-electron chi connectivity index (χ1n) is 6.49. The van der Waals surface area contributed by atoms with Gasteiger partial charge < -0.3 is 11.1 Å². The van der Waals surface area contributed by atoms with Crippen molar-refractivity contribution < 1.29 is 4.79 Å². The van der Waals surface area contributed by atoms with Crippen molar-refractivity contribution in [3.63, 3.8) is 0 Å². The summed E-state index contributed by atoms with van der Waals surface area (Å²) in [5.41, 5.74) is 5.16. The molecule has 98 valence electrons. The van der Waals surface area contributed by atoms with Crippen molar-refractivity contribution >= 4 is 23.1 Å². The number of hydrogen-bond donors (Lipinski definition) is 2. The Bertz CT molecular complexity index is 298. The number of thiocarbonyl (C=S) groups is 1. The van der Waals surface area contributed by atoms with Crippen LogP contribution in [-0.4, -0.2) is 16.9 Å². The molecule has 1 saturated carbocycles. The monoisotopic (exact) mass is 256 g/mol. The summed E-state index contributed by atoms with van der Waals surface area (Å²) in [5, 5.41) is 3.05. The van der Waals surface area contributed by atoms with Crippen LogP contribution in [0.1, 0.15) is 52.9 Å². The molecule has 0 aromatic carbocycles. The molecule has 1 aliphatic rings. The second-order valence-electron chi connectivity index (χ2n) is 5.65. The van der Waals surface area contributed by atoms with E-state index in [2.05, 4.69) is 19.2 Å². The lowest BCUT2D eigenvalue weighted by molar-refractivity contribution is -0.131. The van der Waals surface area contributed by atoms with Gasteiger partial charge in [-0.3, -0.25) is 4.79 Å². The maximum atomic E-state index is 12.2. The Morgan fingerprint density at radius 3 is 2.29 bits per heavy atom. The van der Waals surface area contributed by atoms with Crippen LogP contribution in [0.15, 0.2) is 0 Å². The molecule has 4 heteroatoms. The molecule has 1 rings (SSSR count). The zero-order valence-corrected chi connectivity index (χ0v) is 11.9. The first-order valence-corrected chi connectivity index (χ1v) is 6.90. The summed E-state index contributed by atoms with van der Waals surface area (Å²) in [4.78, 5) is 12.5. The third-order valence-electron chi connectivity index (χ3n) is 3.67. The number of rotatable bonds is 6. The molecule has 0 bridgehead atoms. The lowest BCUT2D eigenvalue weighted by Gasteiger charge is -2.39. The van der Waals surface area contributed by atoms with E-state index in [1.54, 1.807) is 0 Å². The van der Waals surface area contributed by atoms with Crippen LogP contribution in [0.25, 0.3) is 0 Å². The SMILES string of the molecule is CC(C)CCC(C)NC(=O)C1(C(N)=S)CCC1. The second-order valence-corrected chi connectivity index (χ2v) is 6.09. The summed E-state index contributed by atoms with van der Waals surface area (Å²) in [6.07, 6.45) is 4.81.